The number of ether oxygens (including phenoxy) is 2. The Morgan fingerprint density at radius 1 is 1.19 bits per heavy atom. The molecule has 0 amide bonds. The van der Waals surface area contributed by atoms with E-state index in [0.717, 1.165) is 22.4 Å². The summed E-state index contributed by atoms with van der Waals surface area (Å²) in [5.41, 5.74) is 9.04. The third-order valence-corrected chi connectivity index (χ3v) is 3.95. The molecule has 4 heteroatoms. The molecule has 110 valence electrons. The standard InChI is InChI=1S/C17H18FNO2/c1-10-3-4-11(18)7-14(10)17-9-15(19)13-6-5-12(20-2)8-16(13)21-17/h3-8,15,17H,9,19H2,1-2H3/t15-,17?/m1/s1. The molecular weight excluding hydrogens is 269 g/mol. The van der Waals surface area contributed by atoms with Crippen LogP contribution >= 0.6 is 0 Å². The molecule has 2 atom stereocenters. The van der Waals surface area contributed by atoms with E-state index >= 15 is 0 Å². The maximum Gasteiger partial charge on any atom is 0.128 e. The Morgan fingerprint density at radius 2 is 2.00 bits per heavy atom. The number of hydrogen-bond acceptors (Lipinski definition) is 3. The van der Waals surface area contributed by atoms with Gasteiger partial charge in [0.2, 0.25) is 0 Å². The van der Waals surface area contributed by atoms with Gasteiger partial charge >= 0.3 is 0 Å². The van der Waals surface area contributed by atoms with E-state index < -0.39 is 0 Å². The predicted molar refractivity (Wildman–Crippen MR) is 79.0 cm³/mol. The van der Waals surface area contributed by atoms with Crippen molar-refractivity contribution < 1.29 is 13.9 Å². The van der Waals surface area contributed by atoms with Crippen LogP contribution in [0.5, 0.6) is 11.5 Å². The Kier molecular flexibility index (Phi) is 3.55. The van der Waals surface area contributed by atoms with Crippen molar-refractivity contribution in [1.82, 2.24) is 0 Å². The second-order valence-electron chi connectivity index (χ2n) is 5.35. The number of rotatable bonds is 2. The lowest BCUT2D eigenvalue weighted by Gasteiger charge is -2.31. The van der Waals surface area contributed by atoms with E-state index in [1.165, 1.54) is 12.1 Å². The molecule has 0 saturated carbocycles. The van der Waals surface area contributed by atoms with Gasteiger partial charge in [-0.1, -0.05) is 12.1 Å². The van der Waals surface area contributed by atoms with E-state index in [2.05, 4.69) is 0 Å². The number of aryl methyl sites for hydroxylation is 1. The topological polar surface area (TPSA) is 44.5 Å². The molecule has 0 spiro atoms. The minimum atomic E-state index is -0.260. The van der Waals surface area contributed by atoms with E-state index in [1.54, 1.807) is 13.2 Å². The molecule has 21 heavy (non-hydrogen) atoms. The average molecular weight is 287 g/mol. The second-order valence-corrected chi connectivity index (χ2v) is 5.35. The highest BCUT2D eigenvalue weighted by molar-refractivity contribution is 5.45. The molecule has 1 aliphatic rings. The van der Waals surface area contributed by atoms with E-state index in [0.29, 0.717) is 12.2 Å². The average Bonchev–Trinajstić information content (AvgIpc) is 2.49. The van der Waals surface area contributed by atoms with Crippen LogP contribution < -0.4 is 15.2 Å². The zero-order valence-electron chi connectivity index (χ0n) is 12.1. The van der Waals surface area contributed by atoms with Crippen molar-refractivity contribution in [2.24, 2.45) is 5.73 Å². The number of fused-ring (bicyclic) bond motifs is 1. The molecule has 0 fully saturated rings. The van der Waals surface area contributed by atoms with Crippen molar-refractivity contribution in [3.05, 3.63) is 58.9 Å². The monoisotopic (exact) mass is 287 g/mol. The molecule has 0 radical (unpaired) electrons. The van der Waals surface area contributed by atoms with Gasteiger partial charge in [-0.2, -0.15) is 0 Å². The number of halogens is 1. The van der Waals surface area contributed by atoms with Gasteiger partial charge in [-0.3, -0.25) is 0 Å². The van der Waals surface area contributed by atoms with Gasteiger partial charge in [0.05, 0.1) is 7.11 Å². The Morgan fingerprint density at radius 3 is 2.76 bits per heavy atom. The minimum Gasteiger partial charge on any atom is -0.497 e. The van der Waals surface area contributed by atoms with Crippen LogP contribution in [0.15, 0.2) is 36.4 Å². The lowest BCUT2D eigenvalue weighted by Crippen LogP contribution is -2.24. The highest BCUT2D eigenvalue weighted by atomic mass is 19.1. The van der Waals surface area contributed by atoms with Gasteiger partial charge in [0.1, 0.15) is 23.4 Å². The highest BCUT2D eigenvalue weighted by Crippen LogP contribution is 2.42. The Bertz CT molecular complexity index is 672. The van der Waals surface area contributed by atoms with Gasteiger partial charge in [0, 0.05) is 24.1 Å². The summed E-state index contributed by atoms with van der Waals surface area (Å²) in [6.07, 6.45) is 0.388. The van der Waals surface area contributed by atoms with Crippen molar-refractivity contribution in [3.8, 4) is 11.5 Å². The molecule has 3 nitrogen and oxygen atoms in total. The summed E-state index contributed by atoms with van der Waals surface area (Å²) in [5, 5.41) is 0. The summed E-state index contributed by atoms with van der Waals surface area (Å²) in [6, 6.07) is 10.2. The summed E-state index contributed by atoms with van der Waals surface area (Å²) in [4.78, 5) is 0. The summed E-state index contributed by atoms with van der Waals surface area (Å²) >= 11 is 0. The number of nitrogens with two attached hydrogens (primary N) is 1. The molecular formula is C17H18FNO2. The van der Waals surface area contributed by atoms with E-state index in [1.807, 2.05) is 25.1 Å². The van der Waals surface area contributed by atoms with Gasteiger partial charge < -0.3 is 15.2 Å². The van der Waals surface area contributed by atoms with Gasteiger partial charge in [-0.05, 0) is 36.2 Å². The van der Waals surface area contributed by atoms with Crippen LogP contribution in [0.25, 0.3) is 0 Å². The van der Waals surface area contributed by atoms with E-state index in [-0.39, 0.29) is 18.0 Å². The van der Waals surface area contributed by atoms with Crippen molar-refractivity contribution >= 4 is 0 Å². The molecule has 2 N–H and O–H groups in total. The lowest BCUT2D eigenvalue weighted by molar-refractivity contribution is 0.160. The van der Waals surface area contributed by atoms with Crippen molar-refractivity contribution in [2.45, 2.75) is 25.5 Å². The van der Waals surface area contributed by atoms with Crippen LogP contribution in [0.1, 0.15) is 35.3 Å². The van der Waals surface area contributed by atoms with Gasteiger partial charge in [0.25, 0.3) is 0 Å². The largest absolute Gasteiger partial charge is 0.497 e. The van der Waals surface area contributed by atoms with Gasteiger partial charge in [-0.15, -0.1) is 0 Å². The van der Waals surface area contributed by atoms with Crippen LogP contribution in [0.3, 0.4) is 0 Å². The molecule has 0 aromatic heterocycles. The molecule has 1 aliphatic heterocycles. The minimum absolute atomic E-state index is 0.132. The molecule has 1 unspecified atom stereocenters. The number of methoxy groups -OCH3 is 1. The Labute approximate surface area is 123 Å². The fraction of sp³-hybridized carbons (Fsp3) is 0.294. The van der Waals surface area contributed by atoms with Crippen molar-refractivity contribution in [3.63, 3.8) is 0 Å². The molecule has 0 aliphatic carbocycles. The van der Waals surface area contributed by atoms with Gasteiger partial charge in [-0.25, -0.2) is 4.39 Å². The third kappa shape index (κ3) is 2.59. The quantitative estimate of drug-likeness (QED) is 0.916. The maximum atomic E-state index is 13.5. The van der Waals surface area contributed by atoms with Crippen LogP contribution in [0.2, 0.25) is 0 Å². The van der Waals surface area contributed by atoms with Gasteiger partial charge in [0.15, 0.2) is 0 Å². The Balaban J connectivity index is 1.98. The van der Waals surface area contributed by atoms with Crippen LogP contribution in [-0.2, 0) is 0 Å². The molecule has 1 heterocycles. The first-order chi connectivity index (χ1) is 10.1. The third-order valence-electron chi connectivity index (χ3n) is 3.95. The molecule has 0 saturated heterocycles. The van der Waals surface area contributed by atoms with E-state index in [4.69, 9.17) is 15.2 Å². The summed E-state index contributed by atoms with van der Waals surface area (Å²) in [6.45, 7) is 1.95. The van der Waals surface area contributed by atoms with Crippen LogP contribution in [0, 0.1) is 12.7 Å². The SMILES string of the molecule is COc1ccc2c(c1)OC(c1cc(F)ccc1C)C[C@H]2N. The second kappa shape index (κ2) is 5.37. The fourth-order valence-electron chi connectivity index (χ4n) is 2.76. The maximum absolute atomic E-state index is 13.5. The smallest absolute Gasteiger partial charge is 0.128 e. The molecule has 2 aromatic rings. The zero-order chi connectivity index (χ0) is 15.0. The first-order valence-corrected chi connectivity index (χ1v) is 6.94. The van der Waals surface area contributed by atoms with Crippen LogP contribution in [-0.4, -0.2) is 7.11 Å². The highest BCUT2D eigenvalue weighted by Gasteiger charge is 2.28. The van der Waals surface area contributed by atoms with E-state index in [9.17, 15) is 4.39 Å². The summed E-state index contributed by atoms with van der Waals surface area (Å²) < 4.78 is 24.8. The predicted octanol–water partition coefficient (Wildman–Crippen LogP) is 3.67. The molecule has 2 aromatic carbocycles. The number of hydrogen-bond donors (Lipinski definition) is 1. The van der Waals surface area contributed by atoms with Crippen LogP contribution in [0.4, 0.5) is 4.39 Å². The normalized spacial score (nSPS) is 20.6. The zero-order valence-corrected chi connectivity index (χ0v) is 12.1. The fourth-order valence-corrected chi connectivity index (χ4v) is 2.76. The molecule has 3 rings (SSSR count). The lowest BCUT2D eigenvalue weighted by atomic mass is 9.91. The van der Waals surface area contributed by atoms with Crippen molar-refractivity contribution in [2.75, 3.05) is 7.11 Å². The molecule has 0 bridgehead atoms. The van der Waals surface area contributed by atoms with Crippen molar-refractivity contribution in [1.29, 1.82) is 0 Å². The first kappa shape index (κ1) is 13.9. The summed E-state index contributed by atoms with van der Waals surface area (Å²) in [5.74, 6) is 1.17. The first-order valence-electron chi connectivity index (χ1n) is 6.94. The summed E-state index contributed by atoms with van der Waals surface area (Å²) in [7, 11) is 1.61. The Hall–Kier alpha value is -2.07. The number of benzene rings is 2.